The van der Waals surface area contributed by atoms with Gasteiger partial charge in [-0.3, -0.25) is 0 Å². The predicted octanol–water partition coefficient (Wildman–Crippen LogP) is 3.25. The molecule has 0 aromatic carbocycles. The molecule has 15 heavy (non-hydrogen) atoms. The molecule has 0 N–H and O–H groups in total. The smallest absolute Gasteiger partial charge is 0.134 e. The van der Waals surface area contributed by atoms with E-state index >= 15 is 0 Å². The predicted molar refractivity (Wildman–Crippen MR) is 64.7 cm³/mol. The van der Waals surface area contributed by atoms with E-state index in [-0.39, 0.29) is 24.7 Å². The van der Waals surface area contributed by atoms with Gasteiger partial charge in [0.1, 0.15) is 6.23 Å². The van der Waals surface area contributed by atoms with Crippen molar-refractivity contribution in [2.45, 2.75) is 39.0 Å². The van der Waals surface area contributed by atoms with Gasteiger partial charge < -0.3 is 9.30 Å². The Morgan fingerprint density at radius 3 is 2.73 bits per heavy atom. The summed E-state index contributed by atoms with van der Waals surface area (Å²) in [5.74, 6) is 0.640. The first-order chi connectivity index (χ1) is 6.77. The van der Waals surface area contributed by atoms with Crippen LogP contribution in [0.5, 0.6) is 0 Å². The van der Waals surface area contributed by atoms with Crippen molar-refractivity contribution in [3.8, 4) is 0 Å². The maximum Gasteiger partial charge on any atom is 0.134 e. The lowest BCUT2D eigenvalue weighted by Crippen LogP contribution is -2.17. The molecule has 2 unspecified atom stereocenters. The molecular weight excluding hydrogens is 235 g/mol. The van der Waals surface area contributed by atoms with Gasteiger partial charge >= 0.3 is 0 Å². The third kappa shape index (κ3) is 4.87. The summed E-state index contributed by atoms with van der Waals surface area (Å²) < 4.78 is 7.80. The van der Waals surface area contributed by atoms with Crippen LogP contribution in [0.4, 0.5) is 0 Å². The molecule has 0 spiro atoms. The van der Waals surface area contributed by atoms with Crippen molar-refractivity contribution in [2.24, 2.45) is 0 Å². The summed E-state index contributed by atoms with van der Waals surface area (Å²) >= 11 is 5.65. The van der Waals surface area contributed by atoms with E-state index in [2.05, 4.69) is 11.9 Å². The highest BCUT2D eigenvalue weighted by Crippen LogP contribution is 2.16. The van der Waals surface area contributed by atoms with Gasteiger partial charge in [0.05, 0.1) is 12.4 Å². The van der Waals surface area contributed by atoms with Crippen LogP contribution in [0.1, 0.15) is 32.9 Å². The number of nitrogens with zero attached hydrogens (tertiary/aromatic N) is 2. The minimum absolute atomic E-state index is 0. The zero-order valence-corrected chi connectivity index (χ0v) is 10.7. The summed E-state index contributed by atoms with van der Waals surface area (Å²) in [6, 6.07) is 0. The van der Waals surface area contributed by atoms with Crippen LogP contribution < -0.4 is 0 Å². The van der Waals surface area contributed by atoms with Gasteiger partial charge in [0.2, 0.25) is 0 Å². The standard InChI is InChI=1S/C10H17ClN2O.ClH/c1-3-10(13-7-6-12-8-13)14-9(2)4-5-11;/h6-10H,3-5H2,1-2H3;1H. The number of hydrogen-bond acceptors (Lipinski definition) is 2. The van der Waals surface area contributed by atoms with E-state index < -0.39 is 0 Å². The molecule has 0 saturated heterocycles. The van der Waals surface area contributed by atoms with Gasteiger partial charge in [0, 0.05) is 18.3 Å². The minimum atomic E-state index is 0. The van der Waals surface area contributed by atoms with Crippen molar-refractivity contribution < 1.29 is 4.74 Å². The summed E-state index contributed by atoms with van der Waals surface area (Å²) in [6.45, 7) is 4.14. The van der Waals surface area contributed by atoms with Crippen LogP contribution >= 0.6 is 24.0 Å². The summed E-state index contributed by atoms with van der Waals surface area (Å²) in [5.41, 5.74) is 0. The van der Waals surface area contributed by atoms with Crippen molar-refractivity contribution in [1.29, 1.82) is 0 Å². The second-order valence-electron chi connectivity index (χ2n) is 3.30. The molecule has 5 heteroatoms. The van der Waals surface area contributed by atoms with Crippen molar-refractivity contribution in [2.75, 3.05) is 5.88 Å². The molecule has 1 aromatic rings. The van der Waals surface area contributed by atoms with Crippen LogP contribution in [0, 0.1) is 0 Å². The molecule has 88 valence electrons. The Morgan fingerprint density at radius 2 is 2.27 bits per heavy atom. The largest absolute Gasteiger partial charge is 0.355 e. The Morgan fingerprint density at radius 1 is 1.53 bits per heavy atom. The topological polar surface area (TPSA) is 27.1 Å². The average Bonchev–Trinajstić information content (AvgIpc) is 2.67. The third-order valence-electron chi connectivity index (χ3n) is 2.11. The van der Waals surface area contributed by atoms with Crippen LogP contribution in [0.2, 0.25) is 0 Å². The molecule has 0 amide bonds. The van der Waals surface area contributed by atoms with E-state index in [1.165, 1.54) is 0 Å². The average molecular weight is 253 g/mol. The Balaban J connectivity index is 0.00000196. The fourth-order valence-corrected chi connectivity index (χ4v) is 1.61. The molecule has 0 aliphatic heterocycles. The molecule has 1 heterocycles. The highest BCUT2D eigenvalue weighted by Gasteiger charge is 2.11. The maximum atomic E-state index is 5.82. The maximum absolute atomic E-state index is 5.82. The molecule has 2 atom stereocenters. The summed E-state index contributed by atoms with van der Waals surface area (Å²) in [5, 5.41) is 0. The van der Waals surface area contributed by atoms with Crippen LogP contribution in [0.3, 0.4) is 0 Å². The van der Waals surface area contributed by atoms with Crippen molar-refractivity contribution >= 4 is 24.0 Å². The van der Waals surface area contributed by atoms with Gasteiger partial charge in [-0.05, 0) is 19.8 Å². The molecule has 3 nitrogen and oxygen atoms in total. The number of imidazole rings is 1. The van der Waals surface area contributed by atoms with Crippen molar-refractivity contribution in [1.82, 2.24) is 9.55 Å². The van der Waals surface area contributed by atoms with Gasteiger partial charge in [-0.1, -0.05) is 6.92 Å². The van der Waals surface area contributed by atoms with Crippen LogP contribution in [-0.2, 0) is 4.74 Å². The molecule has 1 rings (SSSR count). The summed E-state index contributed by atoms with van der Waals surface area (Å²) in [7, 11) is 0. The summed E-state index contributed by atoms with van der Waals surface area (Å²) in [4.78, 5) is 4.00. The number of halogens is 2. The first-order valence-corrected chi connectivity index (χ1v) is 5.50. The number of alkyl halides is 1. The van der Waals surface area contributed by atoms with E-state index in [0.29, 0.717) is 5.88 Å². The number of rotatable bonds is 6. The second kappa shape index (κ2) is 7.97. The van der Waals surface area contributed by atoms with Crippen LogP contribution in [0.15, 0.2) is 18.7 Å². The van der Waals surface area contributed by atoms with Gasteiger partial charge in [-0.2, -0.15) is 0 Å². The van der Waals surface area contributed by atoms with E-state index in [4.69, 9.17) is 16.3 Å². The highest BCUT2D eigenvalue weighted by atomic mass is 35.5. The fraction of sp³-hybridized carbons (Fsp3) is 0.700. The van der Waals surface area contributed by atoms with E-state index in [1.807, 2.05) is 17.7 Å². The third-order valence-corrected chi connectivity index (χ3v) is 2.33. The Hall–Kier alpha value is -0.250. The lowest BCUT2D eigenvalue weighted by molar-refractivity contribution is -0.0483. The SMILES string of the molecule is CCC(OC(C)CCCl)n1ccnc1.Cl. The molecule has 1 aromatic heterocycles. The number of ether oxygens (including phenoxy) is 1. The number of hydrogen-bond donors (Lipinski definition) is 0. The zero-order valence-electron chi connectivity index (χ0n) is 9.10. The van der Waals surface area contributed by atoms with Gasteiger partial charge in [-0.15, -0.1) is 24.0 Å². The lowest BCUT2D eigenvalue weighted by atomic mass is 10.3. The Bertz CT molecular complexity index is 242. The van der Waals surface area contributed by atoms with Crippen molar-refractivity contribution in [3.63, 3.8) is 0 Å². The van der Waals surface area contributed by atoms with Crippen LogP contribution in [-0.4, -0.2) is 21.5 Å². The molecule has 0 saturated carbocycles. The summed E-state index contributed by atoms with van der Waals surface area (Å²) in [6.07, 6.45) is 7.55. The Labute approximate surface area is 102 Å². The molecule has 0 aliphatic rings. The fourth-order valence-electron chi connectivity index (χ4n) is 1.31. The highest BCUT2D eigenvalue weighted by molar-refractivity contribution is 6.17. The van der Waals surface area contributed by atoms with Gasteiger partial charge in [0.15, 0.2) is 0 Å². The van der Waals surface area contributed by atoms with Crippen LogP contribution in [0.25, 0.3) is 0 Å². The normalized spacial score (nSPS) is 14.3. The van der Waals surface area contributed by atoms with E-state index in [1.54, 1.807) is 12.5 Å². The van der Waals surface area contributed by atoms with Gasteiger partial charge in [0.25, 0.3) is 0 Å². The lowest BCUT2D eigenvalue weighted by Gasteiger charge is -2.21. The molecule has 0 radical (unpaired) electrons. The first-order valence-electron chi connectivity index (χ1n) is 4.96. The van der Waals surface area contributed by atoms with E-state index in [9.17, 15) is 0 Å². The van der Waals surface area contributed by atoms with Crippen molar-refractivity contribution in [3.05, 3.63) is 18.7 Å². The first kappa shape index (κ1) is 14.8. The quantitative estimate of drug-likeness (QED) is 0.727. The van der Waals surface area contributed by atoms with Gasteiger partial charge in [-0.25, -0.2) is 4.98 Å². The number of aromatic nitrogens is 2. The molecular formula is C10H18Cl2N2O. The monoisotopic (exact) mass is 252 g/mol. The molecule has 0 fully saturated rings. The Kier molecular flexibility index (Phi) is 7.83. The zero-order chi connectivity index (χ0) is 10.4. The minimum Gasteiger partial charge on any atom is -0.355 e. The molecule has 0 aliphatic carbocycles. The van der Waals surface area contributed by atoms with E-state index in [0.717, 1.165) is 12.8 Å². The molecule has 0 bridgehead atoms. The second-order valence-corrected chi connectivity index (χ2v) is 3.68.